The van der Waals surface area contributed by atoms with Gasteiger partial charge < -0.3 is 10.2 Å². The molecule has 6 heteroatoms. The monoisotopic (exact) mass is 271 g/mol. The summed E-state index contributed by atoms with van der Waals surface area (Å²) < 4.78 is 5.49. The SMILES string of the molecule is NCCCc1nnc(-c2cccc(Cl)c2Cl)o1. The third-order valence-electron chi connectivity index (χ3n) is 2.24. The molecule has 0 aliphatic rings. The molecule has 17 heavy (non-hydrogen) atoms. The molecule has 0 fully saturated rings. The van der Waals surface area contributed by atoms with Crippen molar-refractivity contribution in [2.75, 3.05) is 6.54 Å². The number of nitrogens with zero attached hydrogens (tertiary/aromatic N) is 2. The summed E-state index contributed by atoms with van der Waals surface area (Å²) in [7, 11) is 0. The fourth-order valence-corrected chi connectivity index (χ4v) is 1.77. The quantitative estimate of drug-likeness (QED) is 0.929. The smallest absolute Gasteiger partial charge is 0.249 e. The maximum Gasteiger partial charge on any atom is 0.249 e. The molecule has 0 saturated carbocycles. The maximum atomic E-state index is 6.06. The molecule has 1 aromatic carbocycles. The molecule has 0 saturated heterocycles. The van der Waals surface area contributed by atoms with E-state index in [0.29, 0.717) is 40.4 Å². The Balaban J connectivity index is 2.27. The van der Waals surface area contributed by atoms with Gasteiger partial charge in [0.15, 0.2) is 0 Å². The van der Waals surface area contributed by atoms with Gasteiger partial charge in [-0.3, -0.25) is 0 Å². The van der Waals surface area contributed by atoms with Crippen molar-refractivity contribution >= 4 is 23.2 Å². The molecule has 0 unspecified atom stereocenters. The molecular weight excluding hydrogens is 261 g/mol. The van der Waals surface area contributed by atoms with Gasteiger partial charge in [0.25, 0.3) is 0 Å². The van der Waals surface area contributed by atoms with Gasteiger partial charge in [0.05, 0.1) is 15.6 Å². The molecule has 0 aliphatic heterocycles. The van der Waals surface area contributed by atoms with Gasteiger partial charge in [-0.05, 0) is 25.1 Å². The number of aryl methyl sites for hydroxylation is 1. The average molecular weight is 272 g/mol. The topological polar surface area (TPSA) is 64.9 Å². The number of aromatic nitrogens is 2. The van der Waals surface area contributed by atoms with E-state index in [-0.39, 0.29) is 0 Å². The molecular formula is C11H11Cl2N3O. The van der Waals surface area contributed by atoms with Crippen LogP contribution in [0.5, 0.6) is 0 Å². The molecule has 1 heterocycles. The Bertz CT molecular complexity index is 513. The first-order valence-electron chi connectivity index (χ1n) is 5.19. The highest BCUT2D eigenvalue weighted by atomic mass is 35.5. The van der Waals surface area contributed by atoms with Crippen LogP contribution < -0.4 is 5.73 Å². The summed E-state index contributed by atoms with van der Waals surface area (Å²) in [6, 6.07) is 5.28. The highest BCUT2D eigenvalue weighted by Crippen LogP contribution is 2.32. The third kappa shape index (κ3) is 2.77. The molecule has 1 aromatic heterocycles. The lowest BCUT2D eigenvalue weighted by atomic mass is 10.2. The molecule has 0 spiro atoms. The predicted octanol–water partition coefficient (Wildman–Crippen LogP) is 2.93. The largest absolute Gasteiger partial charge is 0.421 e. The lowest BCUT2D eigenvalue weighted by Crippen LogP contribution is -2.00. The average Bonchev–Trinajstić information content (AvgIpc) is 2.78. The number of hydrogen-bond donors (Lipinski definition) is 1. The minimum absolute atomic E-state index is 0.379. The number of nitrogens with two attached hydrogens (primary N) is 1. The number of halogens is 2. The van der Waals surface area contributed by atoms with Crippen LogP contribution in [-0.2, 0) is 6.42 Å². The molecule has 2 rings (SSSR count). The second kappa shape index (κ2) is 5.49. The van der Waals surface area contributed by atoms with Crippen LogP contribution in [0.2, 0.25) is 10.0 Å². The summed E-state index contributed by atoms with van der Waals surface area (Å²) in [5.41, 5.74) is 6.05. The van der Waals surface area contributed by atoms with Gasteiger partial charge in [0.1, 0.15) is 0 Å². The van der Waals surface area contributed by atoms with Gasteiger partial charge in [-0.2, -0.15) is 0 Å². The molecule has 2 N–H and O–H groups in total. The van der Waals surface area contributed by atoms with Crippen LogP contribution in [-0.4, -0.2) is 16.7 Å². The van der Waals surface area contributed by atoms with Gasteiger partial charge in [0, 0.05) is 6.42 Å². The van der Waals surface area contributed by atoms with E-state index in [2.05, 4.69) is 10.2 Å². The fraction of sp³-hybridized carbons (Fsp3) is 0.273. The van der Waals surface area contributed by atoms with E-state index in [9.17, 15) is 0 Å². The first kappa shape index (κ1) is 12.4. The second-order valence-electron chi connectivity index (χ2n) is 3.49. The zero-order valence-electron chi connectivity index (χ0n) is 8.99. The predicted molar refractivity (Wildman–Crippen MR) is 67.1 cm³/mol. The van der Waals surface area contributed by atoms with Crippen LogP contribution in [0.15, 0.2) is 22.6 Å². The van der Waals surface area contributed by atoms with Gasteiger partial charge in [-0.25, -0.2) is 0 Å². The molecule has 0 aliphatic carbocycles. The van der Waals surface area contributed by atoms with Crippen molar-refractivity contribution in [3.05, 3.63) is 34.1 Å². The summed E-state index contributed by atoms with van der Waals surface area (Å²) in [4.78, 5) is 0. The van der Waals surface area contributed by atoms with Crippen molar-refractivity contribution in [3.8, 4) is 11.5 Å². The first-order chi connectivity index (χ1) is 8.22. The molecule has 0 atom stereocenters. The van der Waals surface area contributed by atoms with Crippen LogP contribution >= 0.6 is 23.2 Å². The van der Waals surface area contributed by atoms with Crippen LogP contribution in [0.3, 0.4) is 0 Å². The summed E-state index contributed by atoms with van der Waals surface area (Å²) in [5, 5.41) is 8.75. The zero-order valence-corrected chi connectivity index (χ0v) is 10.5. The Morgan fingerprint density at radius 3 is 2.82 bits per heavy atom. The Hall–Kier alpha value is -1.10. The Kier molecular flexibility index (Phi) is 3.99. The van der Waals surface area contributed by atoms with E-state index in [1.165, 1.54) is 0 Å². The normalized spacial score (nSPS) is 10.8. The molecule has 90 valence electrons. The zero-order chi connectivity index (χ0) is 12.3. The van der Waals surface area contributed by atoms with Crippen molar-refractivity contribution in [3.63, 3.8) is 0 Å². The van der Waals surface area contributed by atoms with Crippen molar-refractivity contribution in [2.45, 2.75) is 12.8 Å². The third-order valence-corrected chi connectivity index (χ3v) is 3.06. The van der Waals surface area contributed by atoms with Gasteiger partial charge in [-0.15, -0.1) is 10.2 Å². The van der Waals surface area contributed by atoms with Gasteiger partial charge in [0.2, 0.25) is 11.8 Å². The molecule has 0 amide bonds. The second-order valence-corrected chi connectivity index (χ2v) is 4.28. The first-order valence-corrected chi connectivity index (χ1v) is 5.95. The molecule has 0 radical (unpaired) electrons. The summed E-state index contributed by atoms with van der Waals surface area (Å²) in [5.74, 6) is 0.936. The Morgan fingerprint density at radius 1 is 1.24 bits per heavy atom. The summed E-state index contributed by atoms with van der Waals surface area (Å²) in [6.07, 6.45) is 1.48. The van der Waals surface area contributed by atoms with Crippen LogP contribution in [0.25, 0.3) is 11.5 Å². The Morgan fingerprint density at radius 2 is 2.06 bits per heavy atom. The van der Waals surface area contributed by atoms with E-state index in [1.54, 1.807) is 18.2 Å². The molecule has 0 bridgehead atoms. The van der Waals surface area contributed by atoms with Crippen molar-refractivity contribution in [1.82, 2.24) is 10.2 Å². The lowest BCUT2D eigenvalue weighted by Gasteiger charge is -2.00. The van der Waals surface area contributed by atoms with Gasteiger partial charge in [-0.1, -0.05) is 29.3 Å². The summed E-state index contributed by atoms with van der Waals surface area (Å²) >= 11 is 12.0. The van der Waals surface area contributed by atoms with E-state index >= 15 is 0 Å². The number of hydrogen-bond acceptors (Lipinski definition) is 4. The number of rotatable bonds is 4. The van der Waals surface area contributed by atoms with Gasteiger partial charge >= 0.3 is 0 Å². The Labute approximate surface area is 109 Å². The maximum absolute atomic E-state index is 6.06. The highest BCUT2D eigenvalue weighted by molar-refractivity contribution is 6.43. The minimum atomic E-state index is 0.379. The van der Waals surface area contributed by atoms with Crippen LogP contribution in [0.1, 0.15) is 12.3 Å². The van der Waals surface area contributed by atoms with Crippen molar-refractivity contribution in [1.29, 1.82) is 0 Å². The van der Waals surface area contributed by atoms with E-state index in [0.717, 1.165) is 6.42 Å². The van der Waals surface area contributed by atoms with Crippen LogP contribution in [0.4, 0.5) is 0 Å². The van der Waals surface area contributed by atoms with Crippen molar-refractivity contribution in [2.24, 2.45) is 5.73 Å². The molecule has 2 aromatic rings. The lowest BCUT2D eigenvalue weighted by molar-refractivity contribution is 0.499. The van der Waals surface area contributed by atoms with E-state index in [4.69, 9.17) is 33.4 Å². The number of benzene rings is 1. The van der Waals surface area contributed by atoms with Crippen LogP contribution in [0, 0.1) is 0 Å². The fourth-order valence-electron chi connectivity index (χ4n) is 1.39. The minimum Gasteiger partial charge on any atom is -0.421 e. The van der Waals surface area contributed by atoms with Crippen molar-refractivity contribution < 1.29 is 4.42 Å². The van der Waals surface area contributed by atoms with E-state index < -0.39 is 0 Å². The molecule has 4 nitrogen and oxygen atoms in total. The summed E-state index contributed by atoms with van der Waals surface area (Å²) in [6.45, 7) is 0.593. The highest BCUT2D eigenvalue weighted by Gasteiger charge is 2.13. The van der Waals surface area contributed by atoms with E-state index in [1.807, 2.05) is 0 Å². The standard InChI is InChI=1S/C11H11Cl2N3O/c12-8-4-1-3-7(10(8)13)11-16-15-9(17-11)5-2-6-14/h1,3-4H,2,5-6,14H2.